The molecule has 1 aliphatic heterocycles. The van der Waals surface area contributed by atoms with Crippen LogP contribution in [-0.2, 0) is 11.2 Å². The van der Waals surface area contributed by atoms with Crippen molar-refractivity contribution in [3.63, 3.8) is 0 Å². The van der Waals surface area contributed by atoms with Crippen molar-refractivity contribution >= 4 is 5.91 Å². The highest BCUT2D eigenvalue weighted by molar-refractivity contribution is 5.78. The number of carbonyl (C=O) groups is 1. The van der Waals surface area contributed by atoms with Crippen LogP contribution in [0.3, 0.4) is 0 Å². The van der Waals surface area contributed by atoms with Crippen molar-refractivity contribution in [3.05, 3.63) is 60.2 Å². The Hall–Kier alpha value is -2.13. The molecule has 108 valence electrons. The quantitative estimate of drug-likeness (QED) is 0.882. The first-order valence-electron chi connectivity index (χ1n) is 7.43. The smallest absolute Gasteiger partial charge is 0.224 e. The Labute approximate surface area is 125 Å². The minimum absolute atomic E-state index is 0.106. The Morgan fingerprint density at radius 1 is 1.00 bits per heavy atom. The van der Waals surface area contributed by atoms with Crippen LogP contribution in [0.5, 0.6) is 0 Å². The number of benzene rings is 2. The van der Waals surface area contributed by atoms with E-state index in [4.69, 9.17) is 0 Å². The van der Waals surface area contributed by atoms with Gasteiger partial charge in [-0.05, 0) is 16.7 Å². The van der Waals surface area contributed by atoms with Gasteiger partial charge in [0, 0.05) is 25.6 Å². The highest BCUT2D eigenvalue weighted by Gasteiger charge is 2.17. The second-order valence-electron chi connectivity index (χ2n) is 5.57. The van der Waals surface area contributed by atoms with Gasteiger partial charge in [0.05, 0.1) is 6.42 Å². The fourth-order valence-electron chi connectivity index (χ4n) is 2.44. The van der Waals surface area contributed by atoms with E-state index in [2.05, 4.69) is 34.9 Å². The summed E-state index contributed by atoms with van der Waals surface area (Å²) < 4.78 is 0. The summed E-state index contributed by atoms with van der Waals surface area (Å²) in [5, 5.41) is 6.21. The molecule has 1 saturated heterocycles. The van der Waals surface area contributed by atoms with Gasteiger partial charge in [0.2, 0.25) is 5.91 Å². The van der Waals surface area contributed by atoms with Gasteiger partial charge in [0.25, 0.3) is 0 Å². The number of amides is 1. The SMILES string of the molecule is O=C(Cc1ccc(-c2ccccc2)cc1)NCC1CNC1. The number of hydrogen-bond acceptors (Lipinski definition) is 2. The third-order valence-electron chi connectivity index (χ3n) is 3.88. The largest absolute Gasteiger partial charge is 0.355 e. The summed E-state index contributed by atoms with van der Waals surface area (Å²) in [4.78, 5) is 11.9. The molecule has 0 atom stereocenters. The maximum absolute atomic E-state index is 11.9. The van der Waals surface area contributed by atoms with Crippen LogP contribution >= 0.6 is 0 Å². The monoisotopic (exact) mass is 280 g/mol. The van der Waals surface area contributed by atoms with Crippen LogP contribution in [-0.4, -0.2) is 25.5 Å². The summed E-state index contributed by atoms with van der Waals surface area (Å²) in [5.74, 6) is 0.712. The van der Waals surface area contributed by atoms with E-state index in [1.54, 1.807) is 0 Å². The van der Waals surface area contributed by atoms with Gasteiger partial charge in [-0.15, -0.1) is 0 Å². The molecule has 3 heteroatoms. The molecule has 0 saturated carbocycles. The fraction of sp³-hybridized carbons (Fsp3) is 0.278. The zero-order valence-electron chi connectivity index (χ0n) is 12.0. The summed E-state index contributed by atoms with van der Waals surface area (Å²) in [6.45, 7) is 2.83. The van der Waals surface area contributed by atoms with Crippen molar-refractivity contribution in [2.45, 2.75) is 6.42 Å². The van der Waals surface area contributed by atoms with Crippen LogP contribution in [0.25, 0.3) is 11.1 Å². The first kappa shape index (κ1) is 13.8. The average Bonchev–Trinajstić information content (AvgIpc) is 2.47. The van der Waals surface area contributed by atoms with Crippen LogP contribution in [0, 0.1) is 5.92 Å². The third kappa shape index (κ3) is 3.70. The van der Waals surface area contributed by atoms with Crippen molar-refractivity contribution in [2.75, 3.05) is 19.6 Å². The second kappa shape index (κ2) is 6.55. The number of nitrogens with one attached hydrogen (secondary N) is 2. The van der Waals surface area contributed by atoms with Crippen LogP contribution < -0.4 is 10.6 Å². The van der Waals surface area contributed by atoms with E-state index in [9.17, 15) is 4.79 Å². The fourth-order valence-corrected chi connectivity index (χ4v) is 2.44. The first-order chi connectivity index (χ1) is 10.3. The molecule has 1 aliphatic rings. The Kier molecular flexibility index (Phi) is 4.31. The van der Waals surface area contributed by atoms with Gasteiger partial charge in [-0.1, -0.05) is 54.6 Å². The maximum atomic E-state index is 11.9. The highest BCUT2D eigenvalue weighted by Crippen LogP contribution is 2.19. The lowest BCUT2D eigenvalue weighted by molar-refractivity contribution is -0.120. The van der Waals surface area contributed by atoms with Gasteiger partial charge in [-0.25, -0.2) is 0 Å². The Balaban J connectivity index is 1.55. The number of rotatable bonds is 5. The van der Waals surface area contributed by atoms with E-state index >= 15 is 0 Å². The van der Waals surface area contributed by atoms with Crippen LogP contribution in [0.4, 0.5) is 0 Å². The summed E-state index contributed by atoms with van der Waals surface area (Å²) in [6.07, 6.45) is 0.454. The molecule has 3 nitrogen and oxygen atoms in total. The molecule has 0 bridgehead atoms. The molecule has 0 spiro atoms. The zero-order valence-corrected chi connectivity index (χ0v) is 12.0. The van der Waals surface area contributed by atoms with Gasteiger partial charge in [-0.3, -0.25) is 4.79 Å². The molecule has 0 aliphatic carbocycles. The molecule has 2 aromatic rings. The van der Waals surface area contributed by atoms with E-state index in [0.29, 0.717) is 12.3 Å². The van der Waals surface area contributed by atoms with Crippen LogP contribution in [0.15, 0.2) is 54.6 Å². The van der Waals surface area contributed by atoms with E-state index in [-0.39, 0.29) is 5.91 Å². The zero-order chi connectivity index (χ0) is 14.5. The molecule has 0 radical (unpaired) electrons. The number of hydrogen-bond donors (Lipinski definition) is 2. The summed E-state index contributed by atoms with van der Waals surface area (Å²) in [6, 6.07) is 18.5. The highest BCUT2D eigenvalue weighted by atomic mass is 16.1. The predicted molar refractivity (Wildman–Crippen MR) is 85.0 cm³/mol. The second-order valence-corrected chi connectivity index (χ2v) is 5.57. The van der Waals surface area contributed by atoms with Gasteiger partial charge in [0.1, 0.15) is 0 Å². The molecular weight excluding hydrogens is 260 g/mol. The average molecular weight is 280 g/mol. The predicted octanol–water partition coefficient (Wildman–Crippen LogP) is 2.23. The number of carbonyl (C=O) groups excluding carboxylic acids is 1. The summed E-state index contributed by atoms with van der Waals surface area (Å²) in [7, 11) is 0. The van der Waals surface area contributed by atoms with Gasteiger partial charge in [0.15, 0.2) is 0 Å². The molecule has 2 N–H and O–H groups in total. The molecule has 21 heavy (non-hydrogen) atoms. The van der Waals surface area contributed by atoms with Gasteiger partial charge in [-0.2, -0.15) is 0 Å². The standard InChI is InChI=1S/C18H20N2O/c21-18(20-13-15-11-19-12-15)10-14-6-8-17(9-7-14)16-4-2-1-3-5-16/h1-9,15,19H,10-13H2,(H,20,21). The Bertz CT molecular complexity index is 588. The summed E-state index contributed by atoms with van der Waals surface area (Å²) >= 11 is 0. The Morgan fingerprint density at radius 2 is 1.67 bits per heavy atom. The maximum Gasteiger partial charge on any atom is 0.224 e. The topological polar surface area (TPSA) is 41.1 Å². The molecule has 3 rings (SSSR count). The molecule has 0 unspecified atom stereocenters. The lowest BCUT2D eigenvalue weighted by Crippen LogP contribution is -2.48. The molecular formula is C18H20N2O. The Morgan fingerprint density at radius 3 is 2.29 bits per heavy atom. The molecule has 0 aromatic heterocycles. The minimum atomic E-state index is 0.106. The van der Waals surface area contributed by atoms with Crippen LogP contribution in [0.1, 0.15) is 5.56 Å². The summed E-state index contributed by atoms with van der Waals surface area (Å²) in [5.41, 5.74) is 3.44. The van der Waals surface area contributed by atoms with Gasteiger partial charge < -0.3 is 10.6 Å². The minimum Gasteiger partial charge on any atom is -0.355 e. The van der Waals surface area contributed by atoms with E-state index in [1.807, 2.05) is 30.3 Å². The van der Waals surface area contributed by atoms with Crippen molar-refractivity contribution in [1.29, 1.82) is 0 Å². The van der Waals surface area contributed by atoms with E-state index in [0.717, 1.165) is 25.2 Å². The van der Waals surface area contributed by atoms with E-state index in [1.165, 1.54) is 11.1 Å². The molecule has 1 fully saturated rings. The van der Waals surface area contributed by atoms with Crippen molar-refractivity contribution in [3.8, 4) is 11.1 Å². The first-order valence-corrected chi connectivity index (χ1v) is 7.43. The third-order valence-corrected chi connectivity index (χ3v) is 3.88. The normalized spacial score (nSPS) is 14.5. The molecule has 1 amide bonds. The van der Waals surface area contributed by atoms with Crippen molar-refractivity contribution in [1.82, 2.24) is 10.6 Å². The van der Waals surface area contributed by atoms with E-state index < -0.39 is 0 Å². The molecule has 2 aromatic carbocycles. The van der Waals surface area contributed by atoms with Gasteiger partial charge >= 0.3 is 0 Å². The lowest BCUT2D eigenvalue weighted by atomic mass is 10.0. The van der Waals surface area contributed by atoms with Crippen LogP contribution in [0.2, 0.25) is 0 Å². The lowest BCUT2D eigenvalue weighted by Gasteiger charge is -2.27. The molecule has 1 heterocycles. The van der Waals surface area contributed by atoms with Crippen molar-refractivity contribution < 1.29 is 4.79 Å². The van der Waals surface area contributed by atoms with Crippen molar-refractivity contribution in [2.24, 2.45) is 5.92 Å².